The van der Waals surface area contributed by atoms with Crippen LogP contribution in [0.5, 0.6) is 0 Å². The molecule has 0 aromatic heterocycles. The van der Waals surface area contributed by atoms with E-state index in [0.29, 0.717) is 11.0 Å². The molecular weight excluding hydrogens is 188 g/mol. The topological polar surface area (TPSA) is 9.23 Å². The van der Waals surface area contributed by atoms with E-state index in [1.165, 1.54) is 18.6 Å². The third kappa shape index (κ3) is 2.41. The van der Waals surface area contributed by atoms with Gasteiger partial charge >= 0.3 is 0 Å². The van der Waals surface area contributed by atoms with E-state index in [-0.39, 0.29) is 0 Å². The molecule has 0 heterocycles. The Morgan fingerprint density at radius 2 is 1.93 bits per heavy atom. The van der Waals surface area contributed by atoms with E-state index >= 15 is 0 Å². The molecular formula is C12H24OSi. The van der Waals surface area contributed by atoms with Crippen molar-refractivity contribution in [3.63, 3.8) is 0 Å². The number of allylic oxidation sites excluding steroid dienone is 2. The van der Waals surface area contributed by atoms with E-state index in [4.69, 9.17) is 4.43 Å². The average Bonchev–Trinajstić information content (AvgIpc) is 2.33. The average molecular weight is 212 g/mol. The predicted octanol–water partition coefficient (Wildman–Crippen LogP) is 4.32. The van der Waals surface area contributed by atoms with Crippen LogP contribution in [0.1, 0.15) is 40.5 Å². The summed E-state index contributed by atoms with van der Waals surface area (Å²) in [4.78, 5) is 0. The Bertz CT molecular complexity index is 235. The molecule has 2 heteroatoms. The monoisotopic (exact) mass is 212 g/mol. The van der Waals surface area contributed by atoms with Crippen molar-refractivity contribution in [3.05, 3.63) is 11.8 Å². The first-order valence-electron chi connectivity index (χ1n) is 5.63. The molecule has 0 radical (unpaired) electrons. The molecule has 14 heavy (non-hydrogen) atoms. The highest BCUT2D eigenvalue weighted by Crippen LogP contribution is 2.40. The van der Waals surface area contributed by atoms with Crippen molar-refractivity contribution in [2.24, 2.45) is 5.92 Å². The number of hydrogen-bond acceptors (Lipinski definition) is 1. The van der Waals surface area contributed by atoms with E-state index in [1.54, 1.807) is 0 Å². The first-order valence-corrected chi connectivity index (χ1v) is 8.54. The summed E-state index contributed by atoms with van der Waals surface area (Å²) in [6.45, 7) is 13.8. The van der Waals surface area contributed by atoms with Crippen molar-refractivity contribution in [2.45, 2.75) is 58.7 Å². The highest BCUT2D eigenvalue weighted by molar-refractivity contribution is 6.74. The zero-order valence-corrected chi connectivity index (χ0v) is 11.5. The molecule has 1 aliphatic carbocycles. The molecule has 0 fully saturated rings. The molecule has 1 unspecified atom stereocenters. The van der Waals surface area contributed by atoms with E-state index in [9.17, 15) is 0 Å². The van der Waals surface area contributed by atoms with Gasteiger partial charge in [-0.05, 0) is 37.0 Å². The van der Waals surface area contributed by atoms with E-state index in [1.807, 2.05) is 0 Å². The van der Waals surface area contributed by atoms with Crippen LogP contribution in [0.25, 0.3) is 0 Å². The van der Waals surface area contributed by atoms with Crippen molar-refractivity contribution in [1.29, 1.82) is 0 Å². The lowest BCUT2D eigenvalue weighted by molar-refractivity contribution is 0.337. The summed E-state index contributed by atoms with van der Waals surface area (Å²) in [5.41, 5.74) is 0. The van der Waals surface area contributed by atoms with Crippen LogP contribution in [0.2, 0.25) is 18.1 Å². The summed E-state index contributed by atoms with van der Waals surface area (Å²) in [7, 11) is -1.58. The first kappa shape index (κ1) is 11.8. The standard InChI is InChI=1S/C12H24OSi/c1-10-8-7-9-11(10)13-14(5,6)12(2,3)4/h9-10H,7-8H2,1-6H3. The van der Waals surface area contributed by atoms with Crippen LogP contribution in [0.3, 0.4) is 0 Å². The van der Waals surface area contributed by atoms with Crippen LogP contribution < -0.4 is 0 Å². The molecule has 1 atom stereocenters. The SMILES string of the molecule is CC1CCC=C1O[Si](C)(C)C(C)(C)C. The third-order valence-corrected chi connectivity index (χ3v) is 7.97. The van der Waals surface area contributed by atoms with E-state index in [2.05, 4.69) is 46.9 Å². The molecule has 1 rings (SSSR count). The van der Waals surface area contributed by atoms with Gasteiger partial charge in [-0.1, -0.05) is 27.7 Å². The summed E-state index contributed by atoms with van der Waals surface area (Å²) < 4.78 is 6.28. The van der Waals surface area contributed by atoms with Gasteiger partial charge in [0.1, 0.15) is 0 Å². The molecule has 0 aliphatic heterocycles. The van der Waals surface area contributed by atoms with Gasteiger partial charge in [0.15, 0.2) is 0 Å². The molecule has 0 saturated carbocycles. The fraction of sp³-hybridized carbons (Fsp3) is 0.833. The summed E-state index contributed by atoms with van der Waals surface area (Å²) in [5, 5.41) is 0.316. The molecule has 0 N–H and O–H groups in total. The summed E-state index contributed by atoms with van der Waals surface area (Å²) in [6, 6.07) is 0. The Morgan fingerprint density at radius 1 is 1.36 bits per heavy atom. The van der Waals surface area contributed by atoms with E-state index in [0.717, 1.165) is 0 Å². The second kappa shape index (κ2) is 3.73. The Hall–Kier alpha value is -0.243. The molecule has 82 valence electrons. The second-order valence-corrected chi connectivity index (χ2v) is 10.7. The smallest absolute Gasteiger partial charge is 0.250 e. The number of rotatable bonds is 2. The Morgan fingerprint density at radius 3 is 2.29 bits per heavy atom. The minimum Gasteiger partial charge on any atom is -0.547 e. The second-order valence-electron chi connectivity index (χ2n) is 5.95. The summed E-state index contributed by atoms with van der Waals surface area (Å²) in [6.07, 6.45) is 4.75. The number of hydrogen-bond donors (Lipinski definition) is 0. The van der Waals surface area contributed by atoms with Gasteiger partial charge in [0, 0.05) is 5.92 Å². The zero-order chi connectivity index (χ0) is 11.0. The van der Waals surface area contributed by atoms with Gasteiger partial charge in [0.05, 0.1) is 5.76 Å². The van der Waals surface area contributed by atoms with Crippen LogP contribution in [-0.4, -0.2) is 8.32 Å². The highest BCUT2D eigenvalue weighted by atomic mass is 28.4. The van der Waals surface area contributed by atoms with Crippen molar-refractivity contribution < 1.29 is 4.43 Å². The van der Waals surface area contributed by atoms with Crippen molar-refractivity contribution in [2.75, 3.05) is 0 Å². The lowest BCUT2D eigenvalue weighted by atomic mass is 10.1. The van der Waals surface area contributed by atoms with Crippen molar-refractivity contribution >= 4 is 8.32 Å². The Balaban J connectivity index is 2.68. The molecule has 1 aliphatic rings. The zero-order valence-electron chi connectivity index (χ0n) is 10.5. The van der Waals surface area contributed by atoms with Crippen LogP contribution in [0.4, 0.5) is 0 Å². The molecule has 1 nitrogen and oxygen atoms in total. The summed E-state index contributed by atoms with van der Waals surface area (Å²) >= 11 is 0. The molecule has 0 amide bonds. The van der Waals surface area contributed by atoms with Gasteiger partial charge in [-0.15, -0.1) is 0 Å². The van der Waals surface area contributed by atoms with Crippen LogP contribution >= 0.6 is 0 Å². The third-order valence-electron chi connectivity index (χ3n) is 3.61. The molecule has 0 aromatic rings. The van der Waals surface area contributed by atoms with E-state index < -0.39 is 8.32 Å². The maximum absolute atomic E-state index is 6.28. The molecule has 0 saturated heterocycles. The van der Waals surface area contributed by atoms with Gasteiger partial charge < -0.3 is 4.43 Å². The van der Waals surface area contributed by atoms with Crippen LogP contribution in [-0.2, 0) is 4.43 Å². The van der Waals surface area contributed by atoms with Crippen molar-refractivity contribution in [3.8, 4) is 0 Å². The van der Waals surface area contributed by atoms with Gasteiger partial charge in [-0.2, -0.15) is 0 Å². The normalized spacial score (nSPS) is 23.6. The lowest BCUT2D eigenvalue weighted by Crippen LogP contribution is -2.40. The first-order chi connectivity index (χ1) is 6.24. The van der Waals surface area contributed by atoms with Gasteiger partial charge in [-0.25, -0.2) is 0 Å². The van der Waals surface area contributed by atoms with Gasteiger partial charge in [0.2, 0.25) is 8.32 Å². The minimum absolute atomic E-state index is 0.316. The quantitative estimate of drug-likeness (QED) is 0.619. The fourth-order valence-electron chi connectivity index (χ4n) is 1.41. The van der Waals surface area contributed by atoms with Crippen LogP contribution in [0.15, 0.2) is 11.8 Å². The maximum Gasteiger partial charge on any atom is 0.250 e. The largest absolute Gasteiger partial charge is 0.547 e. The maximum atomic E-state index is 6.28. The molecule has 0 bridgehead atoms. The van der Waals surface area contributed by atoms with Gasteiger partial charge in [-0.3, -0.25) is 0 Å². The van der Waals surface area contributed by atoms with Gasteiger partial charge in [0.25, 0.3) is 0 Å². The molecule has 0 spiro atoms. The predicted molar refractivity (Wildman–Crippen MR) is 64.8 cm³/mol. The molecule has 0 aromatic carbocycles. The minimum atomic E-state index is -1.58. The Kier molecular flexibility index (Phi) is 3.15. The fourth-order valence-corrected chi connectivity index (χ4v) is 2.59. The Labute approximate surface area is 89.7 Å². The summed E-state index contributed by atoms with van der Waals surface area (Å²) in [5.74, 6) is 1.90. The van der Waals surface area contributed by atoms with Crippen LogP contribution in [0, 0.1) is 5.92 Å². The highest BCUT2D eigenvalue weighted by Gasteiger charge is 2.40. The lowest BCUT2D eigenvalue weighted by Gasteiger charge is -2.37. The van der Waals surface area contributed by atoms with Crippen molar-refractivity contribution in [1.82, 2.24) is 0 Å².